The highest BCUT2D eigenvalue weighted by Crippen LogP contribution is 2.27. The van der Waals surface area contributed by atoms with Gasteiger partial charge < -0.3 is 25.3 Å². The predicted molar refractivity (Wildman–Crippen MR) is 93.6 cm³/mol. The SMILES string of the molecule is COc1ccc(C(N)=O)c(OCC(=O)Nc2ccc(OC)c(Cl)c2)c1. The summed E-state index contributed by atoms with van der Waals surface area (Å²) in [6.45, 7) is -0.322. The van der Waals surface area contributed by atoms with Crippen LogP contribution in [0.15, 0.2) is 36.4 Å². The molecule has 0 aromatic heterocycles. The van der Waals surface area contributed by atoms with Crippen molar-refractivity contribution in [2.24, 2.45) is 5.73 Å². The fourth-order valence-electron chi connectivity index (χ4n) is 2.04. The largest absolute Gasteiger partial charge is 0.497 e. The van der Waals surface area contributed by atoms with E-state index in [0.29, 0.717) is 22.2 Å². The maximum Gasteiger partial charge on any atom is 0.262 e. The molecule has 0 saturated heterocycles. The van der Waals surface area contributed by atoms with Crippen molar-refractivity contribution in [2.45, 2.75) is 0 Å². The zero-order valence-corrected chi connectivity index (χ0v) is 14.4. The van der Waals surface area contributed by atoms with E-state index in [-0.39, 0.29) is 17.9 Å². The molecular formula is C17H17ClN2O5. The van der Waals surface area contributed by atoms with Crippen LogP contribution < -0.4 is 25.3 Å². The lowest BCUT2D eigenvalue weighted by molar-refractivity contribution is -0.118. The third-order valence-electron chi connectivity index (χ3n) is 3.25. The van der Waals surface area contributed by atoms with Gasteiger partial charge in [-0.3, -0.25) is 9.59 Å². The minimum absolute atomic E-state index is 0.154. The number of carbonyl (C=O) groups is 2. The number of carbonyl (C=O) groups excluding carboxylic acids is 2. The lowest BCUT2D eigenvalue weighted by atomic mass is 10.2. The Labute approximate surface area is 149 Å². The molecule has 25 heavy (non-hydrogen) atoms. The molecule has 0 radical (unpaired) electrons. The van der Waals surface area contributed by atoms with Gasteiger partial charge in [-0.1, -0.05) is 11.6 Å². The molecule has 0 atom stereocenters. The summed E-state index contributed by atoms with van der Waals surface area (Å²) in [5.74, 6) is 0.0370. The molecule has 2 aromatic rings. The molecule has 0 aliphatic carbocycles. The molecule has 7 nitrogen and oxygen atoms in total. The Balaban J connectivity index is 2.04. The Hall–Kier alpha value is -2.93. The molecule has 0 heterocycles. The second-order valence-corrected chi connectivity index (χ2v) is 5.32. The van der Waals surface area contributed by atoms with Gasteiger partial charge in [0.15, 0.2) is 6.61 Å². The van der Waals surface area contributed by atoms with E-state index in [9.17, 15) is 9.59 Å². The number of ether oxygens (including phenoxy) is 3. The van der Waals surface area contributed by atoms with Crippen LogP contribution in [0.4, 0.5) is 5.69 Å². The van der Waals surface area contributed by atoms with Crippen molar-refractivity contribution in [3.63, 3.8) is 0 Å². The topological polar surface area (TPSA) is 99.9 Å². The second kappa shape index (κ2) is 8.25. The van der Waals surface area contributed by atoms with E-state index in [4.69, 9.17) is 31.5 Å². The average Bonchev–Trinajstić information content (AvgIpc) is 2.59. The van der Waals surface area contributed by atoms with Gasteiger partial charge in [-0.2, -0.15) is 0 Å². The van der Waals surface area contributed by atoms with Gasteiger partial charge in [0, 0.05) is 11.8 Å². The number of nitrogens with two attached hydrogens (primary N) is 1. The summed E-state index contributed by atoms with van der Waals surface area (Å²) >= 11 is 6.00. The van der Waals surface area contributed by atoms with Gasteiger partial charge in [-0.25, -0.2) is 0 Å². The second-order valence-electron chi connectivity index (χ2n) is 4.91. The highest BCUT2D eigenvalue weighted by Gasteiger charge is 2.13. The molecule has 0 unspecified atom stereocenters. The first-order valence-corrected chi connectivity index (χ1v) is 7.56. The van der Waals surface area contributed by atoms with Gasteiger partial charge in [-0.15, -0.1) is 0 Å². The van der Waals surface area contributed by atoms with Crippen LogP contribution in [0.5, 0.6) is 17.2 Å². The first kappa shape index (κ1) is 18.4. The molecule has 2 aromatic carbocycles. The van der Waals surface area contributed by atoms with Crippen LogP contribution in [-0.2, 0) is 4.79 Å². The van der Waals surface area contributed by atoms with Crippen LogP contribution in [0.1, 0.15) is 10.4 Å². The molecule has 0 fully saturated rings. The summed E-state index contributed by atoms with van der Waals surface area (Å²) in [5.41, 5.74) is 5.93. The number of methoxy groups -OCH3 is 2. The molecule has 0 spiro atoms. The van der Waals surface area contributed by atoms with Gasteiger partial charge in [0.1, 0.15) is 17.2 Å². The summed E-state index contributed by atoms with van der Waals surface area (Å²) in [6.07, 6.45) is 0. The minimum Gasteiger partial charge on any atom is -0.497 e. The number of amides is 2. The number of nitrogens with one attached hydrogen (secondary N) is 1. The average molecular weight is 365 g/mol. The van der Waals surface area contributed by atoms with Gasteiger partial charge in [-0.05, 0) is 30.3 Å². The Morgan fingerprint density at radius 1 is 1.08 bits per heavy atom. The molecule has 132 valence electrons. The Morgan fingerprint density at radius 3 is 2.44 bits per heavy atom. The number of primary amides is 1. The number of rotatable bonds is 7. The van der Waals surface area contributed by atoms with Crippen LogP contribution in [0, 0.1) is 0 Å². The van der Waals surface area contributed by atoms with E-state index in [0.717, 1.165) is 0 Å². The van der Waals surface area contributed by atoms with Crippen LogP contribution >= 0.6 is 11.6 Å². The molecule has 0 aliphatic heterocycles. The summed E-state index contributed by atoms with van der Waals surface area (Å²) in [5, 5.41) is 3.00. The van der Waals surface area contributed by atoms with Crippen molar-refractivity contribution in [1.29, 1.82) is 0 Å². The summed E-state index contributed by atoms with van der Waals surface area (Å²) < 4.78 is 15.5. The summed E-state index contributed by atoms with van der Waals surface area (Å²) in [7, 11) is 2.97. The molecule has 2 rings (SSSR count). The molecule has 0 saturated carbocycles. The normalized spacial score (nSPS) is 10.0. The van der Waals surface area contributed by atoms with Gasteiger partial charge in [0.25, 0.3) is 11.8 Å². The van der Waals surface area contributed by atoms with Crippen molar-refractivity contribution in [1.82, 2.24) is 0 Å². The Morgan fingerprint density at radius 2 is 1.84 bits per heavy atom. The number of halogens is 1. The molecular weight excluding hydrogens is 348 g/mol. The van der Waals surface area contributed by atoms with Crippen LogP contribution in [0.3, 0.4) is 0 Å². The maximum atomic E-state index is 12.0. The van der Waals surface area contributed by atoms with Crippen molar-refractivity contribution < 1.29 is 23.8 Å². The third-order valence-corrected chi connectivity index (χ3v) is 3.54. The summed E-state index contributed by atoms with van der Waals surface area (Å²) in [4.78, 5) is 23.5. The van der Waals surface area contributed by atoms with E-state index in [1.54, 1.807) is 24.3 Å². The van der Waals surface area contributed by atoms with E-state index >= 15 is 0 Å². The summed E-state index contributed by atoms with van der Waals surface area (Å²) in [6, 6.07) is 9.36. The molecule has 0 bridgehead atoms. The van der Waals surface area contributed by atoms with Crippen molar-refractivity contribution in [3.05, 3.63) is 47.0 Å². The fraction of sp³-hybridized carbons (Fsp3) is 0.176. The molecule has 8 heteroatoms. The van der Waals surface area contributed by atoms with E-state index in [1.165, 1.54) is 26.4 Å². The molecule has 0 aliphatic rings. The highest BCUT2D eigenvalue weighted by molar-refractivity contribution is 6.32. The lowest BCUT2D eigenvalue weighted by Crippen LogP contribution is -2.21. The van der Waals surface area contributed by atoms with Gasteiger partial charge >= 0.3 is 0 Å². The van der Waals surface area contributed by atoms with E-state index in [1.807, 2.05) is 0 Å². The fourth-order valence-corrected chi connectivity index (χ4v) is 2.29. The maximum absolute atomic E-state index is 12.0. The highest BCUT2D eigenvalue weighted by atomic mass is 35.5. The molecule has 3 N–H and O–H groups in total. The van der Waals surface area contributed by atoms with Crippen LogP contribution in [0.25, 0.3) is 0 Å². The zero-order chi connectivity index (χ0) is 18.4. The first-order valence-electron chi connectivity index (χ1n) is 7.18. The lowest BCUT2D eigenvalue weighted by Gasteiger charge is -2.12. The first-order chi connectivity index (χ1) is 11.9. The Kier molecular flexibility index (Phi) is 6.08. The number of anilines is 1. The van der Waals surface area contributed by atoms with Crippen molar-refractivity contribution in [3.8, 4) is 17.2 Å². The smallest absolute Gasteiger partial charge is 0.262 e. The quantitative estimate of drug-likeness (QED) is 0.786. The molecule has 2 amide bonds. The van der Waals surface area contributed by atoms with Crippen LogP contribution in [0.2, 0.25) is 5.02 Å². The zero-order valence-electron chi connectivity index (χ0n) is 13.7. The van der Waals surface area contributed by atoms with E-state index < -0.39 is 11.8 Å². The van der Waals surface area contributed by atoms with Gasteiger partial charge in [0.05, 0.1) is 24.8 Å². The standard InChI is InChI=1S/C17H17ClN2O5/c1-23-11-4-5-12(17(19)22)15(8-11)25-9-16(21)20-10-3-6-14(24-2)13(18)7-10/h3-8H,9H2,1-2H3,(H2,19,22)(H,20,21). The van der Waals surface area contributed by atoms with Crippen LogP contribution in [-0.4, -0.2) is 32.6 Å². The Bertz CT molecular complexity index is 795. The van der Waals surface area contributed by atoms with E-state index in [2.05, 4.69) is 5.32 Å². The monoisotopic (exact) mass is 364 g/mol. The van der Waals surface area contributed by atoms with Crippen molar-refractivity contribution >= 4 is 29.1 Å². The van der Waals surface area contributed by atoms with Gasteiger partial charge in [0.2, 0.25) is 0 Å². The third kappa shape index (κ3) is 4.77. The van der Waals surface area contributed by atoms with Crippen molar-refractivity contribution in [2.75, 3.05) is 26.1 Å². The number of benzene rings is 2. The predicted octanol–water partition coefficient (Wildman–Crippen LogP) is 2.47. The number of hydrogen-bond acceptors (Lipinski definition) is 5. The minimum atomic E-state index is -0.667. The number of hydrogen-bond donors (Lipinski definition) is 2.